The molecule has 0 amide bonds. The molecule has 2 aromatic rings. The number of carbonyl (C=O) groups is 1. The molecule has 0 aliphatic heterocycles. The molecule has 0 radical (unpaired) electrons. The first-order valence-corrected chi connectivity index (χ1v) is 6.10. The summed E-state index contributed by atoms with van der Waals surface area (Å²) in [4.78, 5) is 11.0. The molecule has 0 atom stereocenters. The van der Waals surface area contributed by atoms with E-state index in [1.165, 1.54) is 29.1 Å². The van der Waals surface area contributed by atoms with Gasteiger partial charge in [0.1, 0.15) is 23.7 Å². The summed E-state index contributed by atoms with van der Waals surface area (Å²) in [6.45, 7) is 0.0301. The number of hydrogen-bond donors (Lipinski definition) is 1. The van der Waals surface area contributed by atoms with Gasteiger partial charge >= 0.3 is 5.97 Å². The average Bonchev–Trinajstić information content (AvgIpc) is 2.70. The smallest absolute Gasteiger partial charge is 0.339 e. The number of aromatic carboxylic acids is 1. The Kier molecular flexibility index (Phi) is 3.84. The summed E-state index contributed by atoms with van der Waals surface area (Å²) in [5.41, 5.74) is 0.518. The monoisotopic (exact) mass is 328 g/mol. The van der Waals surface area contributed by atoms with Gasteiger partial charge in [0.15, 0.2) is 0 Å². The first kappa shape index (κ1) is 13.5. The van der Waals surface area contributed by atoms with Crippen LogP contribution in [-0.2, 0) is 13.7 Å². The SMILES string of the molecule is Cn1ncc(C(=O)O)c1COc1ccc(F)cc1Br. The molecule has 0 aliphatic carbocycles. The Morgan fingerprint density at radius 3 is 2.95 bits per heavy atom. The number of aromatic nitrogens is 2. The minimum absolute atomic E-state index is 0.0301. The van der Waals surface area contributed by atoms with Gasteiger partial charge in [-0.25, -0.2) is 9.18 Å². The van der Waals surface area contributed by atoms with E-state index in [0.717, 1.165) is 0 Å². The van der Waals surface area contributed by atoms with Crippen molar-refractivity contribution in [1.82, 2.24) is 9.78 Å². The number of benzene rings is 1. The van der Waals surface area contributed by atoms with Gasteiger partial charge in [-0.3, -0.25) is 4.68 Å². The summed E-state index contributed by atoms with van der Waals surface area (Å²) in [6.07, 6.45) is 1.26. The lowest BCUT2D eigenvalue weighted by molar-refractivity contribution is 0.0693. The summed E-state index contributed by atoms with van der Waals surface area (Å²) in [5, 5.41) is 12.9. The zero-order chi connectivity index (χ0) is 14.0. The molecule has 0 fully saturated rings. The van der Waals surface area contributed by atoms with Crippen molar-refractivity contribution < 1.29 is 19.0 Å². The predicted molar refractivity (Wildman–Crippen MR) is 68.6 cm³/mol. The Morgan fingerprint density at radius 1 is 1.58 bits per heavy atom. The van der Waals surface area contributed by atoms with Gasteiger partial charge in [-0.2, -0.15) is 5.10 Å². The van der Waals surface area contributed by atoms with Crippen LogP contribution in [0, 0.1) is 5.82 Å². The number of carboxylic acid groups (broad SMARTS) is 1. The van der Waals surface area contributed by atoms with Gasteiger partial charge in [0.25, 0.3) is 0 Å². The molecule has 0 bridgehead atoms. The molecular formula is C12H10BrFN2O3. The van der Waals surface area contributed by atoms with Crippen molar-refractivity contribution in [3.05, 3.63) is 45.9 Å². The molecule has 0 spiro atoms. The fourth-order valence-corrected chi connectivity index (χ4v) is 2.02. The van der Waals surface area contributed by atoms with Crippen LogP contribution in [0.1, 0.15) is 16.1 Å². The third kappa shape index (κ3) is 2.93. The quantitative estimate of drug-likeness (QED) is 0.936. The Morgan fingerprint density at radius 2 is 2.32 bits per heavy atom. The minimum atomic E-state index is -1.06. The van der Waals surface area contributed by atoms with Crippen LogP contribution in [0.5, 0.6) is 5.75 Å². The predicted octanol–water partition coefficient (Wildman–Crippen LogP) is 2.60. The van der Waals surface area contributed by atoms with E-state index >= 15 is 0 Å². The van der Waals surface area contributed by atoms with Gasteiger partial charge in [-0.1, -0.05) is 0 Å². The molecule has 1 aromatic carbocycles. The van der Waals surface area contributed by atoms with E-state index in [1.807, 2.05) is 0 Å². The number of ether oxygens (including phenoxy) is 1. The van der Waals surface area contributed by atoms with Crippen LogP contribution in [0.25, 0.3) is 0 Å². The van der Waals surface area contributed by atoms with E-state index in [0.29, 0.717) is 15.9 Å². The van der Waals surface area contributed by atoms with Crippen LogP contribution >= 0.6 is 15.9 Å². The first-order chi connectivity index (χ1) is 8.99. The Labute approximate surface area is 116 Å². The molecule has 0 unspecified atom stereocenters. The third-order valence-corrected chi connectivity index (χ3v) is 3.17. The normalized spacial score (nSPS) is 10.5. The summed E-state index contributed by atoms with van der Waals surface area (Å²) in [5.74, 6) is -1.02. The topological polar surface area (TPSA) is 64.4 Å². The molecule has 1 aromatic heterocycles. The van der Waals surface area contributed by atoms with E-state index in [4.69, 9.17) is 9.84 Å². The summed E-state index contributed by atoms with van der Waals surface area (Å²) < 4.78 is 20.3. The molecule has 0 aliphatic rings. The molecule has 5 nitrogen and oxygen atoms in total. The number of halogens is 2. The molecule has 7 heteroatoms. The minimum Gasteiger partial charge on any atom is -0.486 e. The highest BCUT2D eigenvalue weighted by Gasteiger charge is 2.16. The van der Waals surface area contributed by atoms with Crippen molar-refractivity contribution in [2.75, 3.05) is 0 Å². The second kappa shape index (κ2) is 5.40. The number of carboxylic acids is 1. The summed E-state index contributed by atoms with van der Waals surface area (Å²) in [7, 11) is 1.63. The molecule has 0 saturated heterocycles. The van der Waals surface area contributed by atoms with Crippen molar-refractivity contribution >= 4 is 21.9 Å². The van der Waals surface area contributed by atoms with Gasteiger partial charge in [0.2, 0.25) is 0 Å². The van der Waals surface area contributed by atoms with Crippen molar-refractivity contribution in [3.63, 3.8) is 0 Å². The van der Waals surface area contributed by atoms with Crippen LogP contribution in [-0.4, -0.2) is 20.9 Å². The highest BCUT2D eigenvalue weighted by Crippen LogP contribution is 2.26. The van der Waals surface area contributed by atoms with E-state index in [9.17, 15) is 9.18 Å². The molecule has 100 valence electrons. The second-order valence-electron chi connectivity index (χ2n) is 3.80. The molecule has 1 N–H and O–H groups in total. The van der Waals surface area contributed by atoms with Crippen molar-refractivity contribution in [2.45, 2.75) is 6.61 Å². The number of hydrogen-bond acceptors (Lipinski definition) is 3. The van der Waals surface area contributed by atoms with Gasteiger partial charge in [0, 0.05) is 7.05 Å². The highest BCUT2D eigenvalue weighted by molar-refractivity contribution is 9.10. The first-order valence-electron chi connectivity index (χ1n) is 5.31. The third-order valence-electron chi connectivity index (χ3n) is 2.55. The maximum absolute atomic E-state index is 12.9. The fraction of sp³-hybridized carbons (Fsp3) is 0.167. The summed E-state index contributed by atoms with van der Waals surface area (Å²) >= 11 is 3.17. The lowest BCUT2D eigenvalue weighted by atomic mass is 10.2. The molecule has 2 rings (SSSR count). The zero-order valence-electron chi connectivity index (χ0n) is 9.93. The lowest BCUT2D eigenvalue weighted by Crippen LogP contribution is -2.08. The maximum Gasteiger partial charge on any atom is 0.339 e. The van der Waals surface area contributed by atoms with E-state index in [1.54, 1.807) is 7.05 Å². The fourth-order valence-electron chi connectivity index (χ4n) is 1.55. The van der Waals surface area contributed by atoms with Crippen molar-refractivity contribution in [2.24, 2.45) is 7.05 Å². The van der Waals surface area contributed by atoms with Crippen LogP contribution in [0.3, 0.4) is 0 Å². The number of rotatable bonds is 4. The van der Waals surface area contributed by atoms with Gasteiger partial charge in [0.05, 0.1) is 16.4 Å². The zero-order valence-corrected chi connectivity index (χ0v) is 11.5. The summed E-state index contributed by atoms with van der Waals surface area (Å²) in [6, 6.07) is 4.01. The standard InChI is InChI=1S/C12H10BrFN2O3/c1-16-10(8(5-15-16)12(17)18)6-19-11-3-2-7(14)4-9(11)13/h2-5H,6H2,1H3,(H,17,18). The van der Waals surface area contributed by atoms with E-state index in [2.05, 4.69) is 21.0 Å². The molecule has 0 saturated carbocycles. The number of nitrogens with zero attached hydrogens (tertiary/aromatic N) is 2. The second-order valence-corrected chi connectivity index (χ2v) is 4.65. The Bertz CT molecular complexity index is 627. The van der Waals surface area contributed by atoms with Gasteiger partial charge < -0.3 is 9.84 Å². The Balaban J connectivity index is 2.19. The van der Waals surface area contributed by atoms with E-state index < -0.39 is 5.97 Å². The van der Waals surface area contributed by atoms with Crippen molar-refractivity contribution in [1.29, 1.82) is 0 Å². The average molecular weight is 329 g/mol. The van der Waals surface area contributed by atoms with Crippen LogP contribution in [0.4, 0.5) is 4.39 Å². The maximum atomic E-state index is 12.9. The highest BCUT2D eigenvalue weighted by atomic mass is 79.9. The molecule has 19 heavy (non-hydrogen) atoms. The van der Waals surface area contributed by atoms with E-state index in [-0.39, 0.29) is 18.0 Å². The van der Waals surface area contributed by atoms with Crippen LogP contribution in [0.2, 0.25) is 0 Å². The van der Waals surface area contributed by atoms with Crippen LogP contribution < -0.4 is 4.74 Å². The molecule has 1 heterocycles. The van der Waals surface area contributed by atoms with Crippen molar-refractivity contribution in [3.8, 4) is 5.75 Å². The van der Waals surface area contributed by atoms with Crippen LogP contribution in [0.15, 0.2) is 28.9 Å². The Hall–Kier alpha value is -1.89. The number of aryl methyl sites for hydroxylation is 1. The molecular weight excluding hydrogens is 319 g/mol. The largest absolute Gasteiger partial charge is 0.486 e. The van der Waals surface area contributed by atoms with Gasteiger partial charge in [-0.15, -0.1) is 0 Å². The van der Waals surface area contributed by atoms with Gasteiger partial charge in [-0.05, 0) is 34.1 Å². The lowest BCUT2D eigenvalue weighted by Gasteiger charge is -2.09.